The first-order valence-electron chi connectivity index (χ1n) is 6.89. The minimum Gasteiger partial charge on any atom is -0.329 e. The first kappa shape index (κ1) is 13.9. The molecule has 1 aliphatic rings. The van der Waals surface area contributed by atoms with Gasteiger partial charge in [0.25, 0.3) is 0 Å². The zero-order chi connectivity index (χ0) is 13.1. The van der Waals surface area contributed by atoms with E-state index < -0.39 is 0 Å². The number of aryl methyl sites for hydroxylation is 1. The van der Waals surface area contributed by atoms with Gasteiger partial charge in [-0.3, -0.25) is 4.90 Å². The Balaban J connectivity index is 2.25. The molecule has 3 heteroatoms. The average Bonchev–Trinajstić information content (AvgIpc) is 3.15. The lowest BCUT2D eigenvalue weighted by atomic mass is 9.99. The van der Waals surface area contributed by atoms with Crippen molar-refractivity contribution in [3.8, 4) is 0 Å². The Kier molecular flexibility index (Phi) is 4.66. The summed E-state index contributed by atoms with van der Waals surface area (Å²) in [4.78, 5) is 2.58. The number of benzene rings is 1. The summed E-state index contributed by atoms with van der Waals surface area (Å²) in [6.45, 7) is 6.17. The Hall–Kier alpha value is -0.570. The molecule has 18 heavy (non-hydrogen) atoms. The summed E-state index contributed by atoms with van der Waals surface area (Å²) in [5.41, 5.74) is 8.62. The highest BCUT2D eigenvalue weighted by Crippen LogP contribution is 2.35. The van der Waals surface area contributed by atoms with Crippen LogP contribution in [0.25, 0.3) is 0 Å². The van der Waals surface area contributed by atoms with E-state index in [9.17, 15) is 0 Å². The largest absolute Gasteiger partial charge is 0.329 e. The Bertz CT molecular complexity index is 401. The van der Waals surface area contributed by atoms with E-state index >= 15 is 0 Å². The fourth-order valence-corrected chi connectivity index (χ4v) is 2.94. The fourth-order valence-electron chi connectivity index (χ4n) is 2.71. The smallest absolute Gasteiger partial charge is 0.0476 e. The van der Waals surface area contributed by atoms with Gasteiger partial charge in [0.2, 0.25) is 0 Å². The van der Waals surface area contributed by atoms with Crippen LogP contribution in [0.15, 0.2) is 18.2 Å². The van der Waals surface area contributed by atoms with Gasteiger partial charge in [0, 0.05) is 23.7 Å². The van der Waals surface area contributed by atoms with Crippen molar-refractivity contribution >= 4 is 11.6 Å². The molecular formula is C15H23ClN2. The lowest BCUT2D eigenvalue weighted by molar-refractivity contribution is 0.191. The Morgan fingerprint density at radius 1 is 1.44 bits per heavy atom. The number of nitrogens with zero attached hydrogens (tertiary/aromatic N) is 1. The average molecular weight is 267 g/mol. The highest BCUT2D eigenvalue weighted by atomic mass is 35.5. The number of hydrogen-bond donors (Lipinski definition) is 1. The summed E-state index contributed by atoms with van der Waals surface area (Å²) >= 11 is 6.04. The van der Waals surface area contributed by atoms with Crippen LogP contribution in [0.5, 0.6) is 0 Å². The monoisotopic (exact) mass is 266 g/mol. The van der Waals surface area contributed by atoms with Gasteiger partial charge in [0.15, 0.2) is 0 Å². The molecule has 1 unspecified atom stereocenters. The number of rotatable bonds is 6. The summed E-state index contributed by atoms with van der Waals surface area (Å²) in [6, 6.07) is 7.24. The second-order valence-corrected chi connectivity index (χ2v) is 5.66. The lowest BCUT2D eigenvalue weighted by Gasteiger charge is -2.32. The van der Waals surface area contributed by atoms with Gasteiger partial charge in [-0.15, -0.1) is 0 Å². The van der Waals surface area contributed by atoms with E-state index in [2.05, 4.69) is 24.8 Å². The van der Waals surface area contributed by atoms with Crippen molar-refractivity contribution in [3.63, 3.8) is 0 Å². The summed E-state index contributed by atoms with van der Waals surface area (Å²) in [7, 11) is 0. The minimum atomic E-state index is 0.342. The molecule has 0 radical (unpaired) electrons. The molecule has 0 saturated heterocycles. The molecule has 2 rings (SSSR count). The summed E-state index contributed by atoms with van der Waals surface area (Å²) in [5.74, 6) is 0. The van der Waals surface area contributed by atoms with Crippen molar-refractivity contribution in [2.45, 2.75) is 45.2 Å². The van der Waals surface area contributed by atoms with Crippen molar-refractivity contribution in [1.82, 2.24) is 4.90 Å². The molecule has 1 atom stereocenters. The van der Waals surface area contributed by atoms with Crippen molar-refractivity contribution in [2.75, 3.05) is 13.1 Å². The summed E-state index contributed by atoms with van der Waals surface area (Å²) in [5, 5.41) is 0.806. The van der Waals surface area contributed by atoms with Crippen molar-refractivity contribution < 1.29 is 0 Å². The first-order valence-corrected chi connectivity index (χ1v) is 7.27. The van der Waals surface area contributed by atoms with E-state index in [-0.39, 0.29) is 0 Å². The SMILES string of the molecule is CCCN(C1CC1)C(CN)c1ccc(Cl)cc1C. The lowest BCUT2D eigenvalue weighted by Crippen LogP contribution is -2.36. The van der Waals surface area contributed by atoms with Gasteiger partial charge in [-0.2, -0.15) is 0 Å². The van der Waals surface area contributed by atoms with Gasteiger partial charge in [0.05, 0.1) is 0 Å². The maximum Gasteiger partial charge on any atom is 0.0476 e. The second kappa shape index (κ2) is 6.05. The van der Waals surface area contributed by atoms with E-state index in [0.29, 0.717) is 12.6 Å². The molecule has 1 saturated carbocycles. The van der Waals surface area contributed by atoms with Crippen molar-refractivity contribution in [2.24, 2.45) is 5.73 Å². The van der Waals surface area contributed by atoms with Gasteiger partial charge in [-0.1, -0.05) is 24.6 Å². The van der Waals surface area contributed by atoms with Crippen LogP contribution < -0.4 is 5.73 Å². The molecule has 1 aromatic carbocycles. The molecule has 0 amide bonds. The zero-order valence-corrected chi connectivity index (χ0v) is 12.1. The van der Waals surface area contributed by atoms with Gasteiger partial charge in [-0.05, 0) is 56.0 Å². The van der Waals surface area contributed by atoms with Gasteiger partial charge in [-0.25, -0.2) is 0 Å². The maximum atomic E-state index is 6.04. The Morgan fingerprint density at radius 3 is 2.67 bits per heavy atom. The number of nitrogens with two attached hydrogens (primary N) is 1. The van der Waals surface area contributed by atoms with Crippen molar-refractivity contribution in [1.29, 1.82) is 0 Å². The number of hydrogen-bond acceptors (Lipinski definition) is 2. The third kappa shape index (κ3) is 3.05. The predicted molar refractivity (Wildman–Crippen MR) is 78.0 cm³/mol. The van der Waals surface area contributed by atoms with Crippen LogP contribution in [0.3, 0.4) is 0 Å². The van der Waals surface area contributed by atoms with Crippen molar-refractivity contribution in [3.05, 3.63) is 34.3 Å². The van der Waals surface area contributed by atoms with Crippen LogP contribution in [0.2, 0.25) is 5.02 Å². The highest BCUT2D eigenvalue weighted by molar-refractivity contribution is 6.30. The minimum absolute atomic E-state index is 0.342. The fraction of sp³-hybridized carbons (Fsp3) is 0.600. The number of halogens is 1. The molecule has 100 valence electrons. The van der Waals surface area contributed by atoms with Crippen LogP contribution in [0, 0.1) is 6.92 Å². The van der Waals surface area contributed by atoms with Gasteiger partial charge >= 0.3 is 0 Å². The molecular weight excluding hydrogens is 244 g/mol. The molecule has 0 heterocycles. The van der Waals surface area contributed by atoms with E-state index in [1.165, 1.54) is 30.4 Å². The van der Waals surface area contributed by atoms with E-state index in [0.717, 1.165) is 17.6 Å². The molecule has 1 aliphatic carbocycles. The molecule has 2 nitrogen and oxygen atoms in total. The molecule has 1 fully saturated rings. The van der Waals surface area contributed by atoms with Crippen LogP contribution in [-0.4, -0.2) is 24.0 Å². The zero-order valence-electron chi connectivity index (χ0n) is 11.3. The third-order valence-electron chi connectivity index (χ3n) is 3.71. The molecule has 0 bridgehead atoms. The first-order chi connectivity index (χ1) is 8.67. The Labute approximate surface area is 115 Å². The second-order valence-electron chi connectivity index (χ2n) is 5.22. The summed E-state index contributed by atoms with van der Waals surface area (Å²) < 4.78 is 0. The molecule has 0 aliphatic heterocycles. The quantitative estimate of drug-likeness (QED) is 0.854. The highest BCUT2D eigenvalue weighted by Gasteiger charge is 2.33. The van der Waals surface area contributed by atoms with Gasteiger partial charge in [0.1, 0.15) is 0 Å². The maximum absolute atomic E-state index is 6.04. The Morgan fingerprint density at radius 2 is 2.17 bits per heavy atom. The molecule has 0 spiro atoms. The normalized spacial score (nSPS) is 17.2. The standard InChI is InChI=1S/C15H23ClN2/c1-3-8-18(13-5-6-13)15(10-17)14-7-4-12(16)9-11(14)2/h4,7,9,13,15H,3,5-6,8,10,17H2,1-2H3. The predicted octanol–water partition coefficient (Wildman–Crippen LogP) is 3.52. The topological polar surface area (TPSA) is 29.3 Å². The van der Waals surface area contributed by atoms with Crippen LogP contribution >= 0.6 is 11.6 Å². The van der Waals surface area contributed by atoms with Crippen LogP contribution in [0.1, 0.15) is 43.4 Å². The van der Waals surface area contributed by atoms with E-state index in [1.807, 2.05) is 12.1 Å². The molecule has 0 aromatic heterocycles. The van der Waals surface area contributed by atoms with E-state index in [1.54, 1.807) is 0 Å². The van der Waals surface area contributed by atoms with Crippen LogP contribution in [0.4, 0.5) is 0 Å². The molecule has 1 aromatic rings. The van der Waals surface area contributed by atoms with Gasteiger partial charge < -0.3 is 5.73 Å². The summed E-state index contributed by atoms with van der Waals surface area (Å²) in [6.07, 6.45) is 3.83. The van der Waals surface area contributed by atoms with Crippen LogP contribution in [-0.2, 0) is 0 Å². The van der Waals surface area contributed by atoms with E-state index in [4.69, 9.17) is 17.3 Å². The molecule has 2 N–H and O–H groups in total. The third-order valence-corrected chi connectivity index (χ3v) is 3.95.